The molecule has 3 aromatic rings. The first-order chi connectivity index (χ1) is 26.6. The van der Waals surface area contributed by atoms with E-state index in [1.165, 1.54) is 12.4 Å². The summed E-state index contributed by atoms with van der Waals surface area (Å²) in [5.74, 6) is -3.16. The number of hydrogen-bond donors (Lipinski definition) is 2. The summed E-state index contributed by atoms with van der Waals surface area (Å²) in [4.78, 5) is 15.9. The lowest BCUT2D eigenvalue weighted by atomic mass is 9.68. The van der Waals surface area contributed by atoms with Gasteiger partial charge in [-0.25, -0.2) is 23.1 Å². The van der Waals surface area contributed by atoms with Gasteiger partial charge in [0.2, 0.25) is 11.9 Å². The molecule has 2 aromatic heterocycles. The van der Waals surface area contributed by atoms with E-state index in [9.17, 15) is 40.6 Å². The van der Waals surface area contributed by atoms with Crippen molar-refractivity contribution in [1.82, 2.24) is 15.0 Å². The van der Waals surface area contributed by atoms with E-state index in [0.29, 0.717) is 66.6 Å². The molecule has 2 fully saturated rings. The molecule has 1 aliphatic heterocycles. The van der Waals surface area contributed by atoms with Crippen molar-refractivity contribution in [2.24, 2.45) is 10.8 Å². The zero-order valence-corrected chi connectivity index (χ0v) is 33.3. The van der Waals surface area contributed by atoms with Crippen LogP contribution in [0.2, 0.25) is 0 Å². The van der Waals surface area contributed by atoms with Crippen molar-refractivity contribution < 1.29 is 53.9 Å². The number of hydrogen-bond acceptors (Lipinski definition) is 10. The Morgan fingerprint density at radius 3 is 2.09 bits per heavy atom. The number of aliphatic hydroxyl groups excluding tert-OH is 2. The average Bonchev–Trinajstić information content (AvgIpc) is 3.15. The van der Waals surface area contributed by atoms with Crippen LogP contribution < -0.4 is 9.64 Å². The SMILES string of the molecule is CC1(C)Cc2nc(C3CCN(c4ncc(OCC(C)(CO)CO)cn4)CC3)c([C@@H](F)c3ccc(C(F)(F)F)cc3)c(C3CCC(F)(F)CC3)c2[C@@H](OS(C)(=O)=O)C1. The van der Waals surface area contributed by atoms with Crippen molar-refractivity contribution in [3.63, 3.8) is 0 Å². The maximum atomic E-state index is 17.5. The van der Waals surface area contributed by atoms with Gasteiger partial charge in [-0.15, -0.1) is 0 Å². The van der Waals surface area contributed by atoms with Crippen LogP contribution in [0.5, 0.6) is 5.75 Å². The third kappa shape index (κ3) is 10.0. The Labute approximate surface area is 329 Å². The summed E-state index contributed by atoms with van der Waals surface area (Å²) in [7, 11) is -4.06. The van der Waals surface area contributed by atoms with Gasteiger partial charge >= 0.3 is 6.18 Å². The van der Waals surface area contributed by atoms with Crippen LogP contribution in [0.1, 0.15) is 129 Å². The monoisotopic (exact) mass is 828 g/mol. The van der Waals surface area contributed by atoms with Crippen LogP contribution in [0.3, 0.4) is 0 Å². The van der Waals surface area contributed by atoms with Gasteiger partial charge in [-0.3, -0.25) is 9.17 Å². The second-order valence-electron chi connectivity index (χ2n) is 17.0. The molecule has 0 bridgehead atoms. The number of halogens is 6. The van der Waals surface area contributed by atoms with Crippen LogP contribution in [0.15, 0.2) is 36.7 Å². The minimum atomic E-state index is -4.66. The Bertz CT molecular complexity index is 1980. The highest BCUT2D eigenvalue weighted by atomic mass is 32.2. The summed E-state index contributed by atoms with van der Waals surface area (Å²) in [6.45, 7) is 5.87. The van der Waals surface area contributed by atoms with Gasteiger partial charge in [0.15, 0.2) is 11.9 Å². The molecular formula is C40H50F6N4O6S. The number of aromatic nitrogens is 3. The molecule has 0 unspecified atom stereocenters. The highest BCUT2D eigenvalue weighted by Gasteiger charge is 2.45. The molecule has 0 amide bonds. The van der Waals surface area contributed by atoms with E-state index in [2.05, 4.69) is 9.97 Å². The summed E-state index contributed by atoms with van der Waals surface area (Å²) in [5, 5.41) is 19.1. The average molecular weight is 829 g/mol. The third-order valence-corrected chi connectivity index (χ3v) is 12.0. The molecule has 2 aliphatic carbocycles. The minimum Gasteiger partial charge on any atom is -0.490 e. The number of piperidine rings is 1. The van der Waals surface area contributed by atoms with Gasteiger partial charge in [-0.1, -0.05) is 32.9 Å². The lowest BCUT2D eigenvalue weighted by Crippen LogP contribution is -2.36. The molecule has 57 heavy (non-hydrogen) atoms. The van der Waals surface area contributed by atoms with Crippen molar-refractivity contribution in [3.8, 4) is 5.75 Å². The Morgan fingerprint density at radius 2 is 1.54 bits per heavy atom. The van der Waals surface area contributed by atoms with Crippen molar-refractivity contribution in [2.75, 3.05) is 44.1 Å². The van der Waals surface area contributed by atoms with Gasteiger partial charge in [-0.2, -0.15) is 21.6 Å². The summed E-state index contributed by atoms with van der Waals surface area (Å²) in [6, 6.07) is 3.76. The first-order valence-corrected chi connectivity index (χ1v) is 21.0. The van der Waals surface area contributed by atoms with Crippen LogP contribution in [0, 0.1) is 10.8 Å². The van der Waals surface area contributed by atoms with Crippen molar-refractivity contribution >= 4 is 16.1 Å². The Balaban J connectivity index is 1.42. The normalized spacial score (nSPS) is 21.3. The lowest BCUT2D eigenvalue weighted by molar-refractivity contribution is -0.137. The molecule has 3 heterocycles. The summed E-state index contributed by atoms with van der Waals surface area (Å²) < 4.78 is 124. The van der Waals surface area contributed by atoms with Crippen molar-refractivity contribution in [2.45, 2.75) is 108 Å². The number of alkyl halides is 6. The fraction of sp³-hybridized carbons (Fsp3) is 0.625. The Morgan fingerprint density at radius 1 is 0.947 bits per heavy atom. The van der Waals surface area contributed by atoms with Gasteiger partial charge in [-0.05, 0) is 73.1 Å². The van der Waals surface area contributed by atoms with Gasteiger partial charge in [0.1, 0.15) is 6.10 Å². The van der Waals surface area contributed by atoms with Gasteiger partial charge in [0.05, 0.1) is 49.7 Å². The van der Waals surface area contributed by atoms with Crippen LogP contribution in [-0.4, -0.2) is 78.7 Å². The van der Waals surface area contributed by atoms with E-state index in [1.807, 2.05) is 18.7 Å². The highest BCUT2D eigenvalue weighted by molar-refractivity contribution is 7.86. The fourth-order valence-electron chi connectivity index (χ4n) is 8.27. The second-order valence-corrected chi connectivity index (χ2v) is 18.6. The van der Waals surface area contributed by atoms with Gasteiger partial charge in [0.25, 0.3) is 10.1 Å². The number of anilines is 1. The van der Waals surface area contributed by atoms with Gasteiger partial charge in [0, 0.05) is 54.1 Å². The van der Waals surface area contributed by atoms with Crippen LogP contribution >= 0.6 is 0 Å². The third-order valence-electron chi connectivity index (χ3n) is 11.5. The number of aliphatic hydroxyl groups is 2. The molecule has 17 heteroatoms. The number of fused-ring (bicyclic) bond motifs is 1. The van der Waals surface area contributed by atoms with E-state index >= 15 is 4.39 Å². The number of rotatable bonds is 12. The minimum absolute atomic E-state index is 0.0145. The summed E-state index contributed by atoms with van der Waals surface area (Å²) >= 11 is 0. The van der Waals surface area contributed by atoms with Crippen LogP contribution in [0.4, 0.5) is 32.3 Å². The molecule has 0 radical (unpaired) electrons. The van der Waals surface area contributed by atoms with E-state index in [4.69, 9.17) is 13.9 Å². The fourth-order valence-corrected chi connectivity index (χ4v) is 8.86. The smallest absolute Gasteiger partial charge is 0.416 e. The van der Waals surface area contributed by atoms with E-state index < -0.39 is 69.6 Å². The van der Waals surface area contributed by atoms with E-state index in [0.717, 1.165) is 30.5 Å². The van der Waals surface area contributed by atoms with E-state index in [1.54, 1.807) is 6.92 Å². The molecule has 1 saturated heterocycles. The topological polar surface area (TPSA) is 135 Å². The maximum absolute atomic E-state index is 17.5. The Hall–Kier alpha value is -3.54. The summed E-state index contributed by atoms with van der Waals surface area (Å²) in [5.41, 5.74) is -0.667. The molecule has 314 valence electrons. The number of benzene rings is 1. The number of ether oxygens (including phenoxy) is 1. The maximum Gasteiger partial charge on any atom is 0.416 e. The number of nitrogens with zero attached hydrogens (tertiary/aromatic N) is 4. The molecule has 1 saturated carbocycles. The van der Waals surface area contributed by atoms with Crippen LogP contribution in [0.25, 0.3) is 0 Å². The molecule has 2 atom stereocenters. The molecule has 3 aliphatic rings. The zero-order valence-electron chi connectivity index (χ0n) is 32.5. The molecule has 6 rings (SSSR count). The molecular weight excluding hydrogens is 779 g/mol. The first-order valence-electron chi connectivity index (χ1n) is 19.2. The number of pyridine rings is 1. The van der Waals surface area contributed by atoms with Crippen molar-refractivity contribution in [1.29, 1.82) is 0 Å². The van der Waals surface area contributed by atoms with Crippen LogP contribution in [-0.2, 0) is 26.9 Å². The highest BCUT2D eigenvalue weighted by Crippen LogP contribution is 2.53. The first kappa shape index (κ1) is 43.0. The summed E-state index contributed by atoms with van der Waals surface area (Å²) in [6.07, 6.45) is -3.32. The molecule has 1 aromatic carbocycles. The second kappa shape index (κ2) is 16.3. The lowest BCUT2D eigenvalue weighted by Gasteiger charge is -2.42. The molecule has 10 nitrogen and oxygen atoms in total. The van der Waals surface area contributed by atoms with E-state index in [-0.39, 0.29) is 56.1 Å². The molecule has 2 N–H and O–H groups in total. The largest absolute Gasteiger partial charge is 0.490 e. The Kier molecular flexibility index (Phi) is 12.3. The predicted molar refractivity (Wildman–Crippen MR) is 200 cm³/mol. The van der Waals surface area contributed by atoms with Crippen molar-refractivity contribution in [3.05, 3.63) is 75.9 Å². The quantitative estimate of drug-likeness (QED) is 0.137. The molecule has 0 spiro atoms. The van der Waals surface area contributed by atoms with Gasteiger partial charge < -0.3 is 19.8 Å². The standard InChI is InChI=1S/C40H50F6N4O6S/c1-37(2)17-29-32(30(18-37)56-57(4,53)54)31(24-9-13-39(42,43)14-10-24)33(34(41)25-5-7-27(8-6-25)40(44,45)46)35(49-29)26-11-15-50(16-12-26)36-47-19-28(20-48-36)55-23-38(3,21-51)22-52/h5-8,19-20,24,26,30,34,51-52H,9-18,21-23H2,1-4H3/t30-,34-/m0/s1. The zero-order chi connectivity index (χ0) is 41.6. The predicted octanol–water partition coefficient (Wildman–Crippen LogP) is 7.99.